The number of carbonyl (C=O) groups excluding carboxylic acids is 1. The van der Waals surface area contributed by atoms with Gasteiger partial charge in [-0.1, -0.05) is 6.08 Å². The minimum atomic E-state index is -0.201. The quantitative estimate of drug-likeness (QED) is 0.801. The highest BCUT2D eigenvalue weighted by Gasteiger charge is 2.20. The molecule has 0 aromatic carbocycles. The minimum Gasteiger partial charge on any atom is -0.348 e. The number of amides is 1. The first-order chi connectivity index (χ1) is 11.8. The van der Waals surface area contributed by atoms with Crippen molar-refractivity contribution in [3.63, 3.8) is 0 Å². The predicted molar refractivity (Wildman–Crippen MR) is 91.0 cm³/mol. The van der Waals surface area contributed by atoms with Gasteiger partial charge in [-0.15, -0.1) is 6.58 Å². The Labute approximate surface area is 140 Å². The zero-order valence-corrected chi connectivity index (χ0v) is 13.3. The smallest absolute Gasteiger partial charge is 0.254 e. The lowest BCUT2D eigenvalue weighted by Gasteiger charge is -2.34. The molecular formula is C16H19N7O. The molecule has 0 bridgehead atoms. The molecule has 1 N–H and O–H groups in total. The van der Waals surface area contributed by atoms with E-state index in [4.69, 9.17) is 0 Å². The van der Waals surface area contributed by atoms with E-state index in [0.29, 0.717) is 18.1 Å². The molecule has 0 aliphatic carbocycles. The highest BCUT2D eigenvalue weighted by atomic mass is 16.1. The van der Waals surface area contributed by atoms with Gasteiger partial charge in [0.25, 0.3) is 5.91 Å². The first-order valence-electron chi connectivity index (χ1n) is 7.76. The minimum absolute atomic E-state index is 0.201. The third-order valence-electron chi connectivity index (χ3n) is 3.70. The fourth-order valence-corrected chi connectivity index (χ4v) is 2.43. The van der Waals surface area contributed by atoms with Gasteiger partial charge in [-0.05, 0) is 6.07 Å². The average Bonchev–Trinajstić information content (AvgIpc) is 2.67. The van der Waals surface area contributed by atoms with E-state index in [-0.39, 0.29) is 5.91 Å². The summed E-state index contributed by atoms with van der Waals surface area (Å²) in [6.45, 7) is 7.14. The number of nitrogens with zero attached hydrogens (tertiary/aromatic N) is 6. The summed E-state index contributed by atoms with van der Waals surface area (Å²) in [6.07, 6.45) is 8.21. The van der Waals surface area contributed by atoms with Gasteiger partial charge >= 0.3 is 0 Å². The summed E-state index contributed by atoms with van der Waals surface area (Å²) >= 11 is 0. The lowest BCUT2D eigenvalue weighted by molar-refractivity contribution is 0.0957. The summed E-state index contributed by atoms with van der Waals surface area (Å²) in [5.41, 5.74) is 0.442. The summed E-state index contributed by atoms with van der Waals surface area (Å²) < 4.78 is 0. The molecular weight excluding hydrogens is 306 g/mol. The lowest BCUT2D eigenvalue weighted by Crippen LogP contribution is -2.47. The Kier molecular flexibility index (Phi) is 4.95. The molecule has 24 heavy (non-hydrogen) atoms. The predicted octanol–water partition coefficient (Wildman–Crippen LogP) is 0.509. The number of aromatic nitrogens is 4. The molecule has 0 radical (unpaired) electrons. The SMILES string of the molecule is C=CCNC(=O)c1cnc(N2CCN(c3ncccn3)CC2)nc1. The fraction of sp³-hybridized carbons (Fsp3) is 0.312. The van der Waals surface area contributed by atoms with Crippen LogP contribution in [0.1, 0.15) is 10.4 Å². The normalized spacial score (nSPS) is 14.3. The molecule has 3 heterocycles. The number of anilines is 2. The van der Waals surface area contributed by atoms with Crippen molar-refractivity contribution in [1.82, 2.24) is 25.3 Å². The Balaban J connectivity index is 1.58. The Morgan fingerprint density at radius 2 is 1.58 bits per heavy atom. The van der Waals surface area contributed by atoms with Gasteiger partial charge in [0, 0.05) is 57.5 Å². The number of hydrogen-bond acceptors (Lipinski definition) is 7. The van der Waals surface area contributed by atoms with Crippen LogP contribution in [0.3, 0.4) is 0 Å². The molecule has 0 unspecified atom stereocenters. The van der Waals surface area contributed by atoms with E-state index in [1.165, 1.54) is 0 Å². The molecule has 8 nitrogen and oxygen atoms in total. The van der Waals surface area contributed by atoms with Crippen molar-refractivity contribution in [3.8, 4) is 0 Å². The molecule has 2 aromatic rings. The van der Waals surface area contributed by atoms with Crippen molar-refractivity contribution in [2.24, 2.45) is 0 Å². The zero-order chi connectivity index (χ0) is 16.8. The number of carbonyl (C=O) groups is 1. The molecule has 1 amide bonds. The Bertz CT molecular complexity index is 681. The van der Waals surface area contributed by atoms with Crippen LogP contribution < -0.4 is 15.1 Å². The first kappa shape index (κ1) is 15.9. The summed E-state index contributed by atoms with van der Waals surface area (Å²) in [5, 5.41) is 2.70. The van der Waals surface area contributed by atoms with E-state index in [9.17, 15) is 4.79 Å². The topological polar surface area (TPSA) is 87.1 Å². The van der Waals surface area contributed by atoms with Crippen LogP contribution in [0.2, 0.25) is 0 Å². The second-order valence-electron chi connectivity index (χ2n) is 5.29. The summed E-state index contributed by atoms with van der Waals surface area (Å²) in [6, 6.07) is 1.81. The highest BCUT2D eigenvalue weighted by Crippen LogP contribution is 2.14. The van der Waals surface area contributed by atoms with Crippen LogP contribution in [0, 0.1) is 0 Å². The molecule has 0 saturated carbocycles. The van der Waals surface area contributed by atoms with Crippen LogP contribution in [0.5, 0.6) is 0 Å². The van der Waals surface area contributed by atoms with E-state index in [1.54, 1.807) is 36.9 Å². The maximum Gasteiger partial charge on any atom is 0.254 e. The van der Waals surface area contributed by atoms with Crippen molar-refractivity contribution in [3.05, 3.63) is 49.1 Å². The van der Waals surface area contributed by atoms with Gasteiger partial charge in [-0.25, -0.2) is 19.9 Å². The third-order valence-corrected chi connectivity index (χ3v) is 3.70. The molecule has 1 aliphatic heterocycles. The number of hydrogen-bond donors (Lipinski definition) is 1. The van der Waals surface area contributed by atoms with Crippen LogP contribution in [0.15, 0.2) is 43.5 Å². The molecule has 1 aliphatic rings. The van der Waals surface area contributed by atoms with E-state index in [2.05, 4.69) is 41.6 Å². The van der Waals surface area contributed by atoms with E-state index in [0.717, 1.165) is 32.1 Å². The van der Waals surface area contributed by atoms with Gasteiger partial charge in [0.05, 0.1) is 5.56 Å². The van der Waals surface area contributed by atoms with Crippen LogP contribution in [0.25, 0.3) is 0 Å². The fourth-order valence-electron chi connectivity index (χ4n) is 2.43. The molecule has 124 valence electrons. The molecule has 3 rings (SSSR count). The van der Waals surface area contributed by atoms with Gasteiger partial charge < -0.3 is 15.1 Å². The van der Waals surface area contributed by atoms with E-state index < -0.39 is 0 Å². The second kappa shape index (κ2) is 7.49. The lowest BCUT2D eigenvalue weighted by atomic mass is 10.3. The Hall–Kier alpha value is -3.03. The molecule has 0 atom stereocenters. The highest BCUT2D eigenvalue weighted by molar-refractivity contribution is 5.93. The molecule has 0 spiro atoms. The van der Waals surface area contributed by atoms with Crippen molar-refractivity contribution in [2.75, 3.05) is 42.5 Å². The first-order valence-corrected chi connectivity index (χ1v) is 7.76. The molecule has 2 aromatic heterocycles. The van der Waals surface area contributed by atoms with Gasteiger partial charge in [0.1, 0.15) is 0 Å². The van der Waals surface area contributed by atoms with Crippen molar-refractivity contribution in [1.29, 1.82) is 0 Å². The maximum absolute atomic E-state index is 11.8. The van der Waals surface area contributed by atoms with Crippen LogP contribution in [0.4, 0.5) is 11.9 Å². The number of nitrogens with one attached hydrogen (secondary N) is 1. The summed E-state index contributed by atoms with van der Waals surface area (Å²) in [5.74, 6) is 1.17. The monoisotopic (exact) mass is 325 g/mol. The average molecular weight is 325 g/mol. The van der Waals surface area contributed by atoms with Gasteiger partial charge in [0.15, 0.2) is 0 Å². The Morgan fingerprint density at radius 3 is 2.12 bits per heavy atom. The number of rotatable bonds is 5. The van der Waals surface area contributed by atoms with Crippen molar-refractivity contribution in [2.45, 2.75) is 0 Å². The largest absolute Gasteiger partial charge is 0.348 e. The molecule has 1 fully saturated rings. The van der Waals surface area contributed by atoms with Gasteiger partial charge in [-0.3, -0.25) is 4.79 Å². The zero-order valence-electron chi connectivity index (χ0n) is 13.3. The summed E-state index contributed by atoms with van der Waals surface area (Å²) in [4.78, 5) is 33.2. The summed E-state index contributed by atoms with van der Waals surface area (Å²) in [7, 11) is 0. The second-order valence-corrected chi connectivity index (χ2v) is 5.29. The van der Waals surface area contributed by atoms with Gasteiger partial charge in [-0.2, -0.15) is 0 Å². The van der Waals surface area contributed by atoms with Crippen molar-refractivity contribution < 1.29 is 4.79 Å². The molecule has 1 saturated heterocycles. The van der Waals surface area contributed by atoms with E-state index >= 15 is 0 Å². The van der Waals surface area contributed by atoms with Crippen molar-refractivity contribution >= 4 is 17.8 Å². The standard InChI is InChI=1S/C16H19N7O/c1-2-4-17-14(24)13-11-20-16(21-12-13)23-9-7-22(8-10-23)15-18-5-3-6-19-15/h2-3,5-6,11-12H,1,4,7-10H2,(H,17,24). The van der Waals surface area contributed by atoms with E-state index in [1.807, 2.05) is 0 Å². The van der Waals surface area contributed by atoms with Crippen LogP contribution >= 0.6 is 0 Å². The van der Waals surface area contributed by atoms with Crippen LogP contribution in [-0.2, 0) is 0 Å². The van der Waals surface area contributed by atoms with Gasteiger partial charge in [0.2, 0.25) is 11.9 Å². The number of piperazine rings is 1. The molecule has 8 heteroatoms. The maximum atomic E-state index is 11.8. The van der Waals surface area contributed by atoms with Crippen LogP contribution in [-0.4, -0.2) is 58.6 Å². The third kappa shape index (κ3) is 3.65. The Morgan fingerprint density at radius 1 is 1.04 bits per heavy atom.